The average Bonchev–Trinajstić information content (AvgIpc) is 3.31. The molecule has 7 nitrogen and oxygen atoms in total. The summed E-state index contributed by atoms with van der Waals surface area (Å²) in [6.45, 7) is 6.50. The van der Waals surface area contributed by atoms with Crippen LogP contribution in [0, 0.1) is 6.92 Å². The van der Waals surface area contributed by atoms with Crippen LogP contribution in [0.5, 0.6) is 0 Å². The van der Waals surface area contributed by atoms with Crippen LogP contribution in [0.25, 0.3) is 6.08 Å². The number of aromatic nitrogens is 2. The molecule has 156 valence electrons. The van der Waals surface area contributed by atoms with Crippen LogP contribution in [0.4, 0.5) is 0 Å². The lowest BCUT2D eigenvalue weighted by Gasteiger charge is -2.28. The molecule has 2 atom stereocenters. The number of nitrogens with one attached hydrogen (secondary N) is 1. The van der Waals surface area contributed by atoms with Crippen LogP contribution in [0.15, 0.2) is 6.08 Å². The smallest absolute Gasteiger partial charge is 0.244 e. The number of unbranched alkanes of at least 4 members (excludes halogenated alkanes) is 1. The van der Waals surface area contributed by atoms with Gasteiger partial charge in [-0.3, -0.25) is 14.4 Å². The van der Waals surface area contributed by atoms with Crippen molar-refractivity contribution in [3.05, 3.63) is 22.5 Å². The molecule has 2 aliphatic rings. The van der Waals surface area contributed by atoms with Gasteiger partial charge >= 0.3 is 0 Å². The summed E-state index contributed by atoms with van der Waals surface area (Å²) in [5.74, 6) is -0.178. The molecule has 0 bridgehead atoms. The average molecular weight is 429 g/mol. The number of aryl methyl sites for hydroxylation is 2. The maximum absolute atomic E-state index is 12.5. The molecule has 28 heavy (non-hydrogen) atoms. The van der Waals surface area contributed by atoms with Gasteiger partial charge in [-0.15, -0.1) is 0 Å². The Morgan fingerprint density at radius 1 is 1.32 bits per heavy atom. The van der Waals surface area contributed by atoms with Crippen molar-refractivity contribution in [2.75, 3.05) is 24.6 Å². The third-order valence-corrected chi connectivity index (χ3v) is 7.61. The van der Waals surface area contributed by atoms with Crippen LogP contribution in [-0.2, 0) is 21.2 Å². The van der Waals surface area contributed by atoms with Gasteiger partial charge in [0.1, 0.15) is 5.15 Å². The van der Waals surface area contributed by atoms with Crippen molar-refractivity contribution in [3.8, 4) is 0 Å². The highest BCUT2D eigenvalue weighted by Crippen LogP contribution is 2.24. The fourth-order valence-electron chi connectivity index (χ4n) is 4.00. The molecule has 1 aromatic heterocycles. The number of carbonyl (C=O) groups excluding carboxylic acids is 1. The van der Waals surface area contributed by atoms with Gasteiger partial charge in [-0.1, -0.05) is 24.9 Å². The molecule has 0 aromatic carbocycles. The number of amides is 1. The molecule has 3 rings (SSSR count). The normalized spacial score (nSPS) is 25.0. The van der Waals surface area contributed by atoms with Crippen molar-refractivity contribution in [2.45, 2.75) is 58.2 Å². The van der Waals surface area contributed by atoms with E-state index in [0.29, 0.717) is 5.15 Å². The first kappa shape index (κ1) is 21.3. The molecule has 2 saturated heterocycles. The quantitative estimate of drug-likeness (QED) is 0.672. The van der Waals surface area contributed by atoms with E-state index in [1.807, 2.05) is 6.92 Å². The Bertz CT molecular complexity index is 844. The number of hydrogen-bond donors (Lipinski definition) is 1. The lowest BCUT2D eigenvalue weighted by molar-refractivity contribution is -0.117. The molecular formula is C19H29ClN4O3S. The Balaban J connectivity index is 1.67. The van der Waals surface area contributed by atoms with E-state index in [2.05, 4.69) is 22.2 Å². The van der Waals surface area contributed by atoms with Crippen LogP contribution >= 0.6 is 11.6 Å². The van der Waals surface area contributed by atoms with E-state index in [4.69, 9.17) is 11.6 Å². The largest absolute Gasteiger partial charge is 0.347 e. The van der Waals surface area contributed by atoms with Gasteiger partial charge in [0, 0.05) is 24.2 Å². The molecule has 1 aromatic rings. The number of hydrogen-bond acceptors (Lipinski definition) is 5. The molecule has 2 fully saturated rings. The predicted octanol–water partition coefficient (Wildman–Crippen LogP) is 2.04. The second-order valence-electron chi connectivity index (χ2n) is 7.70. The molecule has 9 heteroatoms. The van der Waals surface area contributed by atoms with Gasteiger partial charge in [0.05, 0.1) is 23.2 Å². The number of nitrogens with zero attached hydrogens (tertiary/aromatic N) is 3. The monoisotopic (exact) mass is 428 g/mol. The van der Waals surface area contributed by atoms with Gasteiger partial charge in [0.15, 0.2) is 9.84 Å². The summed E-state index contributed by atoms with van der Waals surface area (Å²) in [6.07, 6.45) is 7.28. The summed E-state index contributed by atoms with van der Waals surface area (Å²) >= 11 is 6.40. The number of likely N-dealkylation sites (tertiary alicyclic amines) is 1. The zero-order valence-corrected chi connectivity index (χ0v) is 18.1. The third kappa shape index (κ3) is 4.96. The van der Waals surface area contributed by atoms with Crippen LogP contribution in [0.3, 0.4) is 0 Å². The maximum atomic E-state index is 12.5. The van der Waals surface area contributed by atoms with Crippen molar-refractivity contribution in [1.82, 2.24) is 20.0 Å². The van der Waals surface area contributed by atoms with E-state index < -0.39 is 9.84 Å². The van der Waals surface area contributed by atoms with Crippen molar-refractivity contribution in [2.24, 2.45) is 0 Å². The summed E-state index contributed by atoms with van der Waals surface area (Å²) in [5.41, 5.74) is 1.49. The summed E-state index contributed by atoms with van der Waals surface area (Å²) in [7, 11) is -3.13. The molecule has 1 amide bonds. The van der Waals surface area contributed by atoms with Crippen LogP contribution in [0.1, 0.15) is 43.9 Å². The molecular weight excluding hydrogens is 400 g/mol. The van der Waals surface area contributed by atoms with E-state index in [9.17, 15) is 13.2 Å². The molecule has 2 aliphatic heterocycles. The second-order valence-corrected chi connectivity index (χ2v) is 10.2. The zero-order chi connectivity index (χ0) is 20.3. The highest BCUT2D eigenvalue weighted by molar-refractivity contribution is 7.91. The van der Waals surface area contributed by atoms with Gasteiger partial charge in [-0.25, -0.2) is 8.42 Å². The molecule has 0 radical (unpaired) electrons. The van der Waals surface area contributed by atoms with Crippen molar-refractivity contribution >= 4 is 33.4 Å². The zero-order valence-electron chi connectivity index (χ0n) is 16.5. The van der Waals surface area contributed by atoms with E-state index in [1.54, 1.807) is 10.8 Å². The van der Waals surface area contributed by atoms with Crippen LogP contribution < -0.4 is 5.32 Å². The van der Waals surface area contributed by atoms with E-state index in [0.717, 1.165) is 56.6 Å². The Hall–Kier alpha value is -1.38. The Morgan fingerprint density at radius 2 is 2.04 bits per heavy atom. The Morgan fingerprint density at radius 3 is 2.71 bits per heavy atom. The van der Waals surface area contributed by atoms with E-state index >= 15 is 0 Å². The van der Waals surface area contributed by atoms with Crippen molar-refractivity contribution < 1.29 is 13.2 Å². The van der Waals surface area contributed by atoms with E-state index in [-0.39, 0.29) is 29.5 Å². The summed E-state index contributed by atoms with van der Waals surface area (Å²) in [6, 6.07) is -0.504. The van der Waals surface area contributed by atoms with Crippen LogP contribution in [-0.4, -0.2) is 65.7 Å². The Labute approximate surface area is 172 Å². The minimum atomic E-state index is -3.13. The van der Waals surface area contributed by atoms with Gasteiger partial charge in [0.2, 0.25) is 5.91 Å². The minimum Gasteiger partial charge on any atom is -0.347 e. The Kier molecular flexibility index (Phi) is 6.83. The number of carbonyl (C=O) groups is 1. The number of rotatable bonds is 7. The highest BCUT2D eigenvalue weighted by Gasteiger charge is 2.42. The summed E-state index contributed by atoms with van der Waals surface area (Å²) < 4.78 is 26.0. The number of sulfone groups is 1. The molecule has 0 saturated carbocycles. The summed E-state index contributed by atoms with van der Waals surface area (Å²) in [4.78, 5) is 14.7. The maximum Gasteiger partial charge on any atom is 0.244 e. The first-order chi connectivity index (χ1) is 13.3. The lowest BCUT2D eigenvalue weighted by Crippen LogP contribution is -2.49. The van der Waals surface area contributed by atoms with Gasteiger partial charge in [-0.2, -0.15) is 5.10 Å². The van der Waals surface area contributed by atoms with Crippen LogP contribution in [0.2, 0.25) is 5.15 Å². The fourth-order valence-corrected chi connectivity index (χ4v) is 6.28. The van der Waals surface area contributed by atoms with Crippen molar-refractivity contribution in [1.29, 1.82) is 0 Å². The first-order valence-corrected chi connectivity index (χ1v) is 12.2. The molecule has 3 heterocycles. The van der Waals surface area contributed by atoms with Crippen molar-refractivity contribution in [3.63, 3.8) is 0 Å². The van der Waals surface area contributed by atoms with Gasteiger partial charge in [0.25, 0.3) is 0 Å². The molecule has 0 aliphatic carbocycles. The topological polar surface area (TPSA) is 84.3 Å². The third-order valence-electron chi connectivity index (χ3n) is 5.49. The second kappa shape index (κ2) is 8.97. The minimum absolute atomic E-state index is 0.00246. The first-order valence-electron chi connectivity index (χ1n) is 9.96. The van der Waals surface area contributed by atoms with Gasteiger partial charge in [-0.05, 0) is 45.4 Å². The lowest BCUT2D eigenvalue weighted by atomic mass is 10.1. The standard InChI is InChI=1S/C19H29ClN4O3S/c1-3-4-11-24-19(20)15(14(2)22-24)7-8-18(25)21-16-12-28(26,27)13-17(16)23-9-5-6-10-23/h7-8,16-17H,3-6,9-13H2,1-2H3,(H,21,25)/b8-7+. The molecule has 0 spiro atoms. The predicted molar refractivity (Wildman–Crippen MR) is 111 cm³/mol. The number of halogens is 1. The highest BCUT2D eigenvalue weighted by atomic mass is 35.5. The fraction of sp³-hybridized carbons (Fsp3) is 0.684. The van der Waals surface area contributed by atoms with Gasteiger partial charge < -0.3 is 5.32 Å². The van der Waals surface area contributed by atoms with E-state index in [1.165, 1.54) is 6.08 Å². The SMILES string of the molecule is CCCCn1nc(C)c(/C=C/C(=O)NC2CS(=O)(=O)CC2N2CCCC2)c1Cl. The molecule has 1 N–H and O–H groups in total. The molecule has 2 unspecified atom stereocenters. The summed E-state index contributed by atoms with van der Waals surface area (Å²) in [5, 5.41) is 7.84.